The third kappa shape index (κ3) is 5.02. The van der Waals surface area contributed by atoms with Crippen LogP contribution >= 0.6 is 0 Å². The summed E-state index contributed by atoms with van der Waals surface area (Å²) in [6, 6.07) is 9.04. The van der Waals surface area contributed by atoms with Crippen molar-refractivity contribution in [3.8, 4) is 0 Å². The van der Waals surface area contributed by atoms with Crippen LogP contribution in [0.1, 0.15) is 38.5 Å². The lowest BCUT2D eigenvalue weighted by Gasteiger charge is -2.12. The number of hydrogen-bond donors (Lipinski definition) is 3. The Morgan fingerprint density at radius 1 is 1.17 bits per heavy atom. The number of carbonyl (C=O) groups excluding carboxylic acids is 2. The van der Waals surface area contributed by atoms with Crippen LogP contribution in [0, 0.1) is 0 Å². The first-order chi connectivity index (χ1) is 11.1. The monoisotopic (exact) mass is 317 g/mol. The van der Waals surface area contributed by atoms with E-state index >= 15 is 0 Å². The molecule has 0 saturated heterocycles. The van der Waals surface area contributed by atoms with Crippen molar-refractivity contribution in [2.75, 3.05) is 13.1 Å². The number of para-hydroxylation sites is 1. The minimum atomic E-state index is -0.318. The fourth-order valence-electron chi connectivity index (χ4n) is 2.18. The molecule has 6 nitrogen and oxygen atoms in total. The topological polar surface area (TPSA) is 83.4 Å². The molecule has 2 aromatic rings. The Bertz CT molecular complexity index is 633. The maximum absolute atomic E-state index is 11.8. The predicted octanol–water partition coefficient (Wildman–Crippen LogP) is 2.71. The summed E-state index contributed by atoms with van der Waals surface area (Å²) in [4.78, 5) is 23.3. The summed E-state index contributed by atoms with van der Waals surface area (Å²) in [6.45, 7) is 4.80. The van der Waals surface area contributed by atoms with Gasteiger partial charge < -0.3 is 20.4 Å². The molecule has 0 radical (unpaired) electrons. The molecular formula is C17H23N3O3. The van der Waals surface area contributed by atoms with Gasteiger partial charge in [-0.15, -0.1) is 0 Å². The molecule has 2 rings (SSSR count). The van der Waals surface area contributed by atoms with E-state index in [2.05, 4.69) is 16.0 Å². The second-order valence-corrected chi connectivity index (χ2v) is 5.41. The molecule has 0 spiro atoms. The van der Waals surface area contributed by atoms with E-state index in [1.165, 1.54) is 0 Å². The van der Waals surface area contributed by atoms with E-state index in [1.54, 1.807) is 0 Å². The van der Waals surface area contributed by atoms with Gasteiger partial charge >= 0.3 is 6.03 Å². The number of urea groups is 1. The lowest BCUT2D eigenvalue weighted by Crippen LogP contribution is -2.39. The molecular weight excluding hydrogens is 294 g/mol. The van der Waals surface area contributed by atoms with Crippen molar-refractivity contribution in [2.24, 2.45) is 0 Å². The summed E-state index contributed by atoms with van der Waals surface area (Å²) < 4.78 is 5.71. The van der Waals surface area contributed by atoms with Crippen LogP contribution in [0.5, 0.6) is 0 Å². The van der Waals surface area contributed by atoms with Crippen molar-refractivity contribution in [3.05, 3.63) is 36.1 Å². The van der Waals surface area contributed by atoms with Gasteiger partial charge in [0.25, 0.3) is 0 Å². The van der Waals surface area contributed by atoms with Crippen LogP contribution in [0.15, 0.2) is 34.7 Å². The molecule has 3 amide bonds. The summed E-state index contributed by atoms with van der Waals surface area (Å²) in [5.41, 5.74) is 0.796. The van der Waals surface area contributed by atoms with Crippen molar-refractivity contribution in [3.63, 3.8) is 0 Å². The Morgan fingerprint density at radius 2 is 1.96 bits per heavy atom. The first-order valence-corrected chi connectivity index (χ1v) is 7.89. The van der Waals surface area contributed by atoms with Gasteiger partial charge in [-0.2, -0.15) is 0 Å². The number of amides is 3. The maximum Gasteiger partial charge on any atom is 0.315 e. The molecule has 1 atom stereocenters. The van der Waals surface area contributed by atoms with E-state index in [1.807, 2.05) is 44.2 Å². The minimum Gasteiger partial charge on any atom is -0.459 e. The average molecular weight is 317 g/mol. The molecule has 23 heavy (non-hydrogen) atoms. The minimum absolute atomic E-state index is 0.0579. The number of carbonyl (C=O) groups is 2. The highest BCUT2D eigenvalue weighted by atomic mass is 16.3. The molecule has 0 aliphatic rings. The van der Waals surface area contributed by atoms with Crippen molar-refractivity contribution in [1.29, 1.82) is 0 Å². The quantitative estimate of drug-likeness (QED) is 0.734. The highest BCUT2D eigenvalue weighted by Crippen LogP contribution is 2.23. The Kier molecular flexibility index (Phi) is 6.02. The van der Waals surface area contributed by atoms with Gasteiger partial charge in [0.1, 0.15) is 11.3 Å². The third-order valence-corrected chi connectivity index (χ3v) is 3.43. The molecule has 0 bridgehead atoms. The number of furan rings is 1. The van der Waals surface area contributed by atoms with E-state index < -0.39 is 0 Å². The van der Waals surface area contributed by atoms with E-state index in [9.17, 15) is 9.59 Å². The second-order valence-electron chi connectivity index (χ2n) is 5.41. The molecule has 124 valence electrons. The van der Waals surface area contributed by atoms with Crippen LogP contribution in [0.2, 0.25) is 0 Å². The van der Waals surface area contributed by atoms with Gasteiger partial charge in [0.2, 0.25) is 5.91 Å². The van der Waals surface area contributed by atoms with Crippen molar-refractivity contribution in [1.82, 2.24) is 16.0 Å². The molecule has 0 fully saturated rings. The van der Waals surface area contributed by atoms with E-state index in [-0.39, 0.29) is 24.4 Å². The number of benzene rings is 1. The average Bonchev–Trinajstić information content (AvgIpc) is 2.97. The zero-order valence-electron chi connectivity index (χ0n) is 13.5. The smallest absolute Gasteiger partial charge is 0.315 e. The second kappa shape index (κ2) is 8.22. The maximum atomic E-state index is 11.8. The molecule has 0 saturated carbocycles. The van der Waals surface area contributed by atoms with Crippen molar-refractivity contribution >= 4 is 22.9 Å². The van der Waals surface area contributed by atoms with Crippen LogP contribution in [0.3, 0.4) is 0 Å². The number of hydrogen-bond acceptors (Lipinski definition) is 3. The van der Waals surface area contributed by atoms with Gasteiger partial charge in [-0.3, -0.25) is 4.79 Å². The van der Waals surface area contributed by atoms with Gasteiger partial charge in [0.15, 0.2) is 0 Å². The molecule has 1 heterocycles. The molecule has 6 heteroatoms. The Labute approximate surface area is 135 Å². The highest BCUT2D eigenvalue weighted by molar-refractivity contribution is 5.79. The van der Waals surface area contributed by atoms with Gasteiger partial charge in [-0.1, -0.05) is 25.1 Å². The SMILES string of the molecule is CCCNC(=O)CCNC(=O)NC(C)c1cc2ccccc2o1. The normalized spacial score (nSPS) is 11.9. The molecule has 0 aliphatic carbocycles. The van der Waals surface area contributed by atoms with Crippen LogP contribution in [-0.2, 0) is 4.79 Å². The zero-order valence-corrected chi connectivity index (χ0v) is 13.5. The molecule has 3 N–H and O–H groups in total. The fraction of sp³-hybridized carbons (Fsp3) is 0.412. The summed E-state index contributed by atoms with van der Waals surface area (Å²) in [7, 11) is 0. The van der Waals surface area contributed by atoms with Crippen LogP contribution in [0.4, 0.5) is 4.79 Å². The van der Waals surface area contributed by atoms with Gasteiger partial charge in [0.05, 0.1) is 6.04 Å². The summed E-state index contributed by atoms with van der Waals surface area (Å²) in [5.74, 6) is 0.638. The van der Waals surface area contributed by atoms with Gasteiger partial charge in [-0.25, -0.2) is 4.79 Å². The van der Waals surface area contributed by atoms with Crippen LogP contribution < -0.4 is 16.0 Å². The molecule has 1 aromatic heterocycles. The lowest BCUT2D eigenvalue weighted by atomic mass is 10.2. The van der Waals surface area contributed by atoms with Crippen molar-refractivity contribution in [2.45, 2.75) is 32.7 Å². The summed E-state index contributed by atoms with van der Waals surface area (Å²) in [6.07, 6.45) is 1.17. The first-order valence-electron chi connectivity index (χ1n) is 7.89. The Morgan fingerprint density at radius 3 is 2.70 bits per heavy atom. The Balaban J connectivity index is 1.77. The van der Waals surface area contributed by atoms with Crippen LogP contribution in [-0.4, -0.2) is 25.0 Å². The summed E-state index contributed by atoms with van der Waals surface area (Å²) >= 11 is 0. The van der Waals surface area contributed by atoms with Crippen LogP contribution in [0.25, 0.3) is 11.0 Å². The van der Waals surface area contributed by atoms with E-state index in [4.69, 9.17) is 4.42 Å². The van der Waals surface area contributed by atoms with Crippen molar-refractivity contribution < 1.29 is 14.0 Å². The third-order valence-electron chi connectivity index (χ3n) is 3.43. The molecule has 1 unspecified atom stereocenters. The number of fused-ring (bicyclic) bond motifs is 1. The standard InChI is InChI=1S/C17H23N3O3/c1-3-9-18-16(21)8-10-19-17(22)20-12(2)15-11-13-6-4-5-7-14(13)23-15/h4-7,11-12H,3,8-10H2,1-2H3,(H,18,21)(H2,19,20,22). The Hall–Kier alpha value is -2.50. The molecule has 1 aromatic carbocycles. The number of rotatable bonds is 7. The van der Waals surface area contributed by atoms with Gasteiger partial charge in [0, 0.05) is 24.9 Å². The predicted molar refractivity (Wildman–Crippen MR) is 89.1 cm³/mol. The highest BCUT2D eigenvalue weighted by Gasteiger charge is 2.14. The fourth-order valence-corrected chi connectivity index (χ4v) is 2.18. The van der Waals surface area contributed by atoms with Gasteiger partial charge in [-0.05, 0) is 25.5 Å². The molecule has 0 aliphatic heterocycles. The van der Waals surface area contributed by atoms with E-state index in [0.29, 0.717) is 18.8 Å². The van der Waals surface area contributed by atoms with E-state index in [0.717, 1.165) is 17.4 Å². The largest absolute Gasteiger partial charge is 0.459 e. The zero-order chi connectivity index (χ0) is 16.7. The summed E-state index contributed by atoms with van der Waals surface area (Å²) in [5, 5.41) is 9.24. The first kappa shape index (κ1) is 16.9. The number of nitrogens with one attached hydrogen (secondary N) is 3. The lowest BCUT2D eigenvalue weighted by molar-refractivity contribution is -0.120.